The fourth-order valence-electron chi connectivity index (χ4n) is 3.29. The Bertz CT molecular complexity index is 316. The largest absolute Gasteiger partial charge is 0.384 e. The molecule has 1 atom stereocenters. The van der Waals surface area contributed by atoms with E-state index in [0.29, 0.717) is 11.8 Å². The molecule has 4 heteroatoms. The Hall–Kier alpha value is -0.630. The number of hydrogen-bond donors (Lipinski definition) is 1. The third-order valence-electron chi connectivity index (χ3n) is 4.55. The van der Waals surface area contributed by atoms with Crippen molar-refractivity contribution >= 4 is 0 Å². The van der Waals surface area contributed by atoms with Gasteiger partial charge in [-0.3, -0.25) is 5.32 Å². The minimum Gasteiger partial charge on any atom is -0.384 e. The van der Waals surface area contributed by atoms with E-state index >= 15 is 0 Å². The molecule has 1 aliphatic carbocycles. The fraction of sp³-hybridized carbons (Fsp3) is 0.933. The first-order valence-electron chi connectivity index (χ1n) is 7.61. The van der Waals surface area contributed by atoms with Crippen LogP contribution in [0.2, 0.25) is 0 Å². The van der Waals surface area contributed by atoms with Crippen molar-refractivity contribution in [2.24, 2.45) is 11.8 Å². The average Bonchev–Trinajstić information content (AvgIpc) is 3.25. The first-order valence-corrected chi connectivity index (χ1v) is 7.61. The molecule has 1 saturated heterocycles. The molecule has 1 saturated carbocycles. The SMILES string of the molecule is CCNC(C#N)(CN1CCC(COC)CC1)C1CC1. The molecule has 2 rings (SSSR count). The summed E-state index contributed by atoms with van der Waals surface area (Å²) in [7, 11) is 1.78. The average molecular weight is 265 g/mol. The Balaban J connectivity index is 1.87. The quantitative estimate of drug-likeness (QED) is 0.760. The molecule has 0 amide bonds. The molecule has 0 aromatic rings. The van der Waals surface area contributed by atoms with Gasteiger partial charge in [0.25, 0.3) is 0 Å². The highest BCUT2D eigenvalue weighted by Crippen LogP contribution is 2.40. The summed E-state index contributed by atoms with van der Waals surface area (Å²) < 4.78 is 5.24. The van der Waals surface area contributed by atoms with Gasteiger partial charge in [0.05, 0.1) is 6.07 Å². The summed E-state index contributed by atoms with van der Waals surface area (Å²) in [4.78, 5) is 2.47. The zero-order valence-corrected chi connectivity index (χ0v) is 12.3. The second-order valence-corrected chi connectivity index (χ2v) is 6.06. The van der Waals surface area contributed by atoms with Crippen molar-refractivity contribution in [3.8, 4) is 6.07 Å². The van der Waals surface area contributed by atoms with E-state index in [1.165, 1.54) is 25.7 Å². The highest BCUT2D eigenvalue weighted by atomic mass is 16.5. The third-order valence-corrected chi connectivity index (χ3v) is 4.55. The molecule has 1 aliphatic heterocycles. The number of methoxy groups -OCH3 is 1. The van der Waals surface area contributed by atoms with Crippen LogP contribution >= 0.6 is 0 Å². The molecule has 0 aromatic carbocycles. The first kappa shape index (κ1) is 14.8. The lowest BCUT2D eigenvalue weighted by Gasteiger charge is -2.38. The smallest absolute Gasteiger partial charge is 0.122 e. The normalized spacial score (nSPS) is 24.9. The number of hydrogen-bond acceptors (Lipinski definition) is 4. The lowest BCUT2D eigenvalue weighted by molar-refractivity contribution is 0.0875. The van der Waals surface area contributed by atoms with Crippen molar-refractivity contribution in [1.82, 2.24) is 10.2 Å². The molecule has 108 valence electrons. The van der Waals surface area contributed by atoms with Crippen LogP contribution in [0.1, 0.15) is 32.6 Å². The summed E-state index contributed by atoms with van der Waals surface area (Å²) >= 11 is 0. The van der Waals surface area contributed by atoms with Crippen LogP contribution in [0.25, 0.3) is 0 Å². The summed E-state index contributed by atoms with van der Waals surface area (Å²) in [6.07, 6.45) is 4.82. The van der Waals surface area contributed by atoms with E-state index in [2.05, 4.69) is 23.2 Å². The van der Waals surface area contributed by atoms with Gasteiger partial charge in [0.2, 0.25) is 0 Å². The number of nitrogens with zero attached hydrogens (tertiary/aromatic N) is 2. The van der Waals surface area contributed by atoms with Crippen molar-refractivity contribution in [1.29, 1.82) is 5.26 Å². The molecule has 4 nitrogen and oxygen atoms in total. The number of ether oxygens (including phenoxy) is 1. The van der Waals surface area contributed by atoms with Crippen molar-refractivity contribution in [3.63, 3.8) is 0 Å². The zero-order chi connectivity index (χ0) is 13.7. The second kappa shape index (κ2) is 6.69. The maximum Gasteiger partial charge on any atom is 0.122 e. The van der Waals surface area contributed by atoms with Gasteiger partial charge >= 0.3 is 0 Å². The molecule has 2 aliphatic rings. The van der Waals surface area contributed by atoms with Gasteiger partial charge in [-0.1, -0.05) is 6.92 Å². The van der Waals surface area contributed by atoms with E-state index < -0.39 is 0 Å². The number of likely N-dealkylation sites (N-methyl/N-ethyl adjacent to an activating group) is 1. The van der Waals surface area contributed by atoms with Crippen LogP contribution in [0.15, 0.2) is 0 Å². The van der Waals surface area contributed by atoms with Crippen LogP contribution in [0, 0.1) is 23.2 Å². The van der Waals surface area contributed by atoms with Crippen LogP contribution in [0.3, 0.4) is 0 Å². The molecule has 0 aromatic heterocycles. The topological polar surface area (TPSA) is 48.3 Å². The van der Waals surface area contributed by atoms with Gasteiger partial charge in [-0.05, 0) is 57.2 Å². The van der Waals surface area contributed by atoms with E-state index in [0.717, 1.165) is 32.8 Å². The molecule has 2 fully saturated rings. The molecular weight excluding hydrogens is 238 g/mol. The lowest BCUT2D eigenvalue weighted by Crippen LogP contribution is -2.55. The predicted octanol–water partition coefficient (Wildman–Crippen LogP) is 1.63. The van der Waals surface area contributed by atoms with Crippen molar-refractivity contribution < 1.29 is 4.74 Å². The maximum absolute atomic E-state index is 9.63. The minimum atomic E-state index is -0.303. The van der Waals surface area contributed by atoms with E-state index in [-0.39, 0.29) is 5.54 Å². The summed E-state index contributed by atoms with van der Waals surface area (Å²) in [5.74, 6) is 1.27. The molecule has 1 unspecified atom stereocenters. The van der Waals surface area contributed by atoms with Gasteiger partial charge in [-0.25, -0.2) is 0 Å². The molecule has 0 bridgehead atoms. The number of likely N-dealkylation sites (tertiary alicyclic amines) is 1. The van der Waals surface area contributed by atoms with E-state index in [9.17, 15) is 5.26 Å². The Labute approximate surface area is 117 Å². The Morgan fingerprint density at radius 3 is 2.47 bits per heavy atom. The van der Waals surface area contributed by atoms with Gasteiger partial charge in [0.1, 0.15) is 5.54 Å². The minimum absolute atomic E-state index is 0.303. The van der Waals surface area contributed by atoms with Crippen LogP contribution in [0.4, 0.5) is 0 Å². The number of piperidine rings is 1. The molecule has 0 spiro atoms. The van der Waals surface area contributed by atoms with Gasteiger partial charge in [0, 0.05) is 20.3 Å². The monoisotopic (exact) mass is 265 g/mol. The van der Waals surface area contributed by atoms with E-state index in [4.69, 9.17) is 4.74 Å². The highest BCUT2D eigenvalue weighted by molar-refractivity contribution is 5.16. The Kier molecular flexibility index (Phi) is 5.20. The van der Waals surface area contributed by atoms with Crippen molar-refractivity contribution in [2.45, 2.75) is 38.1 Å². The summed E-state index contributed by atoms with van der Waals surface area (Å²) in [6.45, 7) is 6.96. The summed E-state index contributed by atoms with van der Waals surface area (Å²) in [5, 5.41) is 13.1. The third kappa shape index (κ3) is 3.68. The van der Waals surface area contributed by atoms with Gasteiger partial charge in [-0.15, -0.1) is 0 Å². The molecule has 1 N–H and O–H groups in total. The van der Waals surface area contributed by atoms with Crippen molar-refractivity contribution in [2.75, 3.05) is 39.9 Å². The first-order chi connectivity index (χ1) is 9.24. The molecule has 1 heterocycles. The van der Waals surface area contributed by atoms with Crippen LogP contribution in [-0.4, -0.2) is 50.3 Å². The fourth-order valence-corrected chi connectivity index (χ4v) is 3.29. The standard InChI is InChI=1S/C15H27N3O/c1-3-17-15(11-16,14-4-5-14)12-18-8-6-13(7-9-18)10-19-2/h13-14,17H,3-10,12H2,1-2H3. The van der Waals surface area contributed by atoms with Crippen LogP contribution in [-0.2, 0) is 4.74 Å². The molecule has 0 radical (unpaired) electrons. The Morgan fingerprint density at radius 1 is 1.32 bits per heavy atom. The summed E-state index contributed by atoms with van der Waals surface area (Å²) in [5.41, 5.74) is -0.303. The summed E-state index contributed by atoms with van der Waals surface area (Å²) in [6, 6.07) is 2.58. The predicted molar refractivity (Wildman–Crippen MR) is 75.8 cm³/mol. The zero-order valence-electron chi connectivity index (χ0n) is 12.3. The second-order valence-electron chi connectivity index (χ2n) is 6.06. The van der Waals surface area contributed by atoms with E-state index in [1.807, 2.05) is 0 Å². The van der Waals surface area contributed by atoms with E-state index in [1.54, 1.807) is 7.11 Å². The number of nitriles is 1. The molecular formula is C15H27N3O. The number of nitrogens with one attached hydrogen (secondary N) is 1. The highest BCUT2D eigenvalue weighted by Gasteiger charge is 2.46. The van der Waals surface area contributed by atoms with Gasteiger partial charge in [-0.2, -0.15) is 5.26 Å². The van der Waals surface area contributed by atoms with Gasteiger partial charge in [0.15, 0.2) is 0 Å². The Morgan fingerprint density at radius 2 is 2.00 bits per heavy atom. The van der Waals surface area contributed by atoms with Crippen LogP contribution < -0.4 is 5.32 Å². The maximum atomic E-state index is 9.63. The molecule has 19 heavy (non-hydrogen) atoms. The lowest BCUT2D eigenvalue weighted by atomic mass is 9.91. The van der Waals surface area contributed by atoms with Crippen LogP contribution in [0.5, 0.6) is 0 Å². The van der Waals surface area contributed by atoms with Crippen molar-refractivity contribution in [3.05, 3.63) is 0 Å². The number of rotatable bonds is 7. The van der Waals surface area contributed by atoms with Gasteiger partial charge < -0.3 is 9.64 Å².